The zero-order valence-corrected chi connectivity index (χ0v) is 12.7. The molecule has 0 aliphatic heterocycles. The predicted octanol–water partition coefficient (Wildman–Crippen LogP) is 3.02. The minimum Gasteiger partial charge on any atom is -0.396 e. The number of aliphatic hydroxyl groups is 2. The van der Waals surface area contributed by atoms with Gasteiger partial charge in [-0.2, -0.15) is 0 Å². The van der Waals surface area contributed by atoms with Crippen LogP contribution in [-0.4, -0.2) is 35.1 Å². The van der Waals surface area contributed by atoms with Gasteiger partial charge < -0.3 is 10.2 Å². The Balaban J connectivity index is 0.000000441. The van der Waals surface area contributed by atoms with E-state index in [1.807, 2.05) is 0 Å². The number of benzene rings is 1. The van der Waals surface area contributed by atoms with Gasteiger partial charge in [0.25, 0.3) is 0 Å². The van der Waals surface area contributed by atoms with E-state index in [2.05, 4.69) is 0 Å². The Kier molecular flexibility index (Phi) is 9.38. The van der Waals surface area contributed by atoms with Gasteiger partial charge in [0.2, 0.25) is 0 Å². The average Bonchev–Trinajstić information content (AvgIpc) is 2.46. The lowest BCUT2D eigenvalue weighted by Crippen LogP contribution is -2.20. The minimum absolute atomic E-state index is 0.0145. The van der Waals surface area contributed by atoms with Crippen LogP contribution in [0.3, 0.4) is 0 Å². The lowest BCUT2D eigenvalue weighted by atomic mass is 9.97. The lowest BCUT2D eigenvalue weighted by Gasteiger charge is -2.16. The molecule has 2 N–H and O–H groups in total. The molecule has 0 radical (unpaired) electrons. The van der Waals surface area contributed by atoms with Gasteiger partial charge in [-0.1, -0.05) is 13.8 Å². The standard InChI is InChI=1S/C10H10ClFO.C5H12O2/c11-7-1-2-10(13)8-3-5-9(12)6-4-8;1-5(2,3-6)4-7/h3-6H,1-2,7H2;6-7H,3-4H2,1-2H3. The van der Waals surface area contributed by atoms with Crippen molar-refractivity contribution in [2.24, 2.45) is 5.41 Å². The highest BCUT2D eigenvalue weighted by Gasteiger charge is 2.13. The van der Waals surface area contributed by atoms with Crippen LogP contribution in [0.25, 0.3) is 0 Å². The first-order valence-corrected chi connectivity index (χ1v) is 6.96. The summed E-state index contributed by atoms with van der Waals surface area (Å²) in [6, 6.07) is 5.56. The molecule has 0 aliphatic carbocycles. The third kappa shape index (κ3) is 8.25. The zero-order valence-electron chi connectivity index (χ0n) is 11.9. The van der Waals surface area contributed by atoms with E-state index < -0.39 is 0 Å². The van der Waals surface area contributed by atoms with Crippen LogP contribution in [0.4, 0.5) is 4.39 Å². The molecule has 0 aromatic heterocycles. The number of rotatable bonds is 6. The van der Waals surface area contributed by atoms with Gasteiger partial charge in [0, 0.05) is 23.3 Å². The highest BCUT2D eigenvalue weighted by molar-refractivity contribution is 6.18. The van der Waals surface area contributed by atoms with Crippen molar-refractivity contribution in [3.05, 3.63) is 35.6 Å². The second-order valence-electron chi connectivity index (χ2n) is 5.20. The van der Waals surface area contributed by atoms with Crippen LogP contribution in [0.2, 0.25) is 0 Å². The Morgan fingerprint density at radius 3 is 2.05 bits per heavy atom. The molecule has 0 atom stereocenters. The molecule has 0 spiro atoms. The smallest absolute Gasteiger partial charge is 0.162 e. The second-order valence-corrected chi connectivity index (χ2v) is 5.58. The minimum atomic E-state index is -0.325. The van der Waals surface area contributed by atoms with E-state index in [1.54, 1.807) is 13.8 Å². The molecule has 0 saturated heterocycles. The molecular weight excluding hydrogens is 283 g/mol. The average molecular weight is 305 g/mol. The van der Waals surface area contributed by atoms with E-state index in [0.717, 1.165) is 0 Å². The first-order valence-electron chi connectivity index (χ1n) is 6.42. The number of hydrogen-bond acceptors (Lipinski definition) is 3. The fourth-order valence-electron chi connectivity index (χ4n) is 1.06. The number of alkyl halides is 1. The summed E-state index contributed by atoms with van der Waals surface area (Å²) in [6.07, 6.45) is 1.09. The second kappa shape index (κ2) is 9.86. The van der Waals surface area contributed by atoms with Crippen molar-refractivity contribution in [3.63, 3.8) is 0 Å². The molecule has 1 aromatic carbocycles. The van der Waals surface area contributed by atoms with Crippen molar-refractivity contribution in [1.29, 1.82) is 0 Å². The van der Waals surface area contributed by atoms with Gasteiger partial charge >= 0.3 is 0 Å². The topological polar surface area (TPSA) is 57.5 Å². The molecule has 1 aromatic rings. The zero-order chi connectivity index (χ0) is 15.6. The maximum Gasteiger partial charge on any atom is 0.162 e. The molecule has 20 heavy (non-hydrogen) atoms. The third-order valence-corrected chi connectivity index (χ3v) is 2.83. The number of carbonyl (C=O) groups excluding carboxylic acids is 1. The maximum absolute atomic E-state index is 12.5. The summed E-state index contributed by atoms with van der Waals surface area (Å²) in [4.78, 5) is 11.3. The largest absolute Gasteiger partial charge is 0.396 e. The molecule has 0 aliphatic rings. The summed E-state index contributed by atoms with van der Waals surface area (Å²) in [5, 5.41) is 16.9. The van der Waals surface area contributed by atoms with E-state index in [-0.39, 0.29) is 30.2 Å². The molecule has 5 heteroatoms. The van der Waals surface area contributed by atoms with Crippen LogP contribution in [0.1, 0.15) is 37.0 Å². The Morgan fingerprint density at radius 2 is 1.70 bits per heavy atom. The Morgan fingerprint density at radius 1 is 1.20 bits per heavy atom. The van der Waals surface area contributed by atoms with Gasteiger partial charge in [0.1, 0.15) is 5.82 Å². The first kappa shape index (κ1) is 19.0. The molecule has 0 saturated carbocycles. The maximum atomic E-state index is 12.5. The predicted molar refractivity (Wildman–Crippen MR) is 78.6 cm³/mol. The number of hydrogen-bond donors (Lipinski definition) is 2. The normalized spacial score (nSPS) is 10.7. The van der Waals surface area contributed by atoms with Crippen LogP contribution in [-0.2, 0) is 0 Å². The summed E-state index contributed by atoms with van der Waals surface area (Å²) >= 11 is 5.45. The summed E-state index contributed by atoms with van der Waals surface area (Å²) in [7, 11) is 0. The van der Waals surface area contributed by atoms with Crippen molar-refractivity contribution >= 4 is 17.4 Å². The van der Waals surface area contributed by atoms with Gasteiger partial charge in [-0.3, -0.25) is 4.79 Å². The van der Waals surface area contributed by atoms with Crippen LogP contribution in [0.5, 0.6) is 0 Å². The van der Waals surface area contributed by atoms with Crippen molar-refractivity contribution in [2.75, 3.05) is 19.1 Å². The van der Waals surface area contributed by atoms with Crippen molar-refractivity contribution in [3.8, 4) is 0 Å². The molecule has 3 nitrogen and oxygen atoms in total. The number of ketones is 1. The fourth-order valence-corrected chi connectivity index (χ4v) is 1.19. The number of carbonyl (C=O) groups is 1. The van der Waals surface area contributed by atoms with Crippen molar-refractivity contribution < 1.29 is 19.4 Å². The Labute approximate surface area is 124 Å². The lowest BCUT2D eigenvalue weighted by molar-refractivity contribution is 0.0857. The highest BCUT2D eigenvalue weighted by Crippen LogP contribution is 2.10. The van der Waals surface area contributed by atoms with Gasteiger partial charge in [-0.05, 0) is 30.7 Å². The monoisotopic (exact) mass is 304 g/mol. The van der Waals surface area contributed by atoms with Crippen LogP contribution in [0.15, 0.2) is 24.3 Å². The molecule has 1 rings (SSSR count). The number of Topliss-reactive ketones (excluding diaryl/α,β-unsaturated/α-hetero) is 1. The van der Waals surface area contributed by atoms with Gasteiger partial charge in [-0.15, -0.1) is 11.6 Å². The van der Waals surface area contributed by atoms with Gasteiger partial charge in [-0.25, -0.2) is 4.39 Å². The summed E-state index contributed by atoms with van der Waals surface area (Å²) in [5.41, 5.74) is 0.242. The van der Waals surface area contributed by atoms with E-state index in [0.29, 0.717) is 24.3 Å². The van der Waals surface area contributed by atoms with E-state index in [9.17, 15) is 9.18 Å². The van der Waals surface area contributed by atoms with Crippen LogP contribution in [0, 0.1) is 11.2 Å². The van der Waals surface area contributed by atoms with Crippen molar-refractivity contribution in [2.45, 2.75) is 26.7 Å². The van der Waals surface area contributed by atoms with E-state index in [1.165, 1.54) is 24.3 Å². The Hall–Kier alpha value is -0.970. The Bertz CT molecular complexity index is 385. The molecule has 114 valence electrons. The summed E-state index contributed by atoms with van der Waals surface area (Å²) in [5.74, 6) is 0.168. The molecule has 0 fully saturated rings. The van der Waals surface area contributed by atoms with Gasteiger partial charge in [0.05, 0.1) is 13.2 Å². The summed E-state index contributed by atoms with van der Waals surface area (Å²) in [6.45, 7) is 3.69. The molecular formula is C15H22ClFO3. The molecule has 0 heterocycles. The highest BCUT2D eigenvalue weighted by atomic mass is 35.5. The first-order chi connectivity index (χ1) is 9.36. The molecule has 0 unspecified atom stereocenters. The SMILES string of the molecule is CC(C)(CO)CO.O=C(CCCCl)c1ccc(F)cc1. The molecule has 0 bridgehead atoms. The van der Waals surface area contributed by atoms with Crippen molar-refractivity contribution in [1.82, 2.24) is 0 Å². The van der Waals surface area contributed by atoms with E-state index >= 15 is 0 Å². The quantitative estimate of drug-likeness (QED) is 0.627. The summed E-state index contributed by atoms with van der Waals surface area (Å²) < 4.78 is 12.5. The number of halogens is 2. The van der Waals surface area contributed by atoms with Crippen LogP contribution < -0.4 is 0 Å². The fraction of sp³-hybridized carbons (Fsp3) is 0.533. The molecule has 0 amide bonds. The van der Waals surface area contributed by atoms with E-state index in [4.69, 9.17) is 21.8 Å². The van der Waals surface area contributed by atoms with Gasteiger partial charge in [0.15, 0.2) is 5.78 Å². The van der Waals surface area contributed by atoms with Crippen LogP contribution >= 0.6 is 11.6 Å². The number of aliphatic hydroxyl groups excluding tert-OH is 2. The third-order valence-electron chi connectivity index (χ3n) is 2.56.